The number of aryl methyl sites for hydroxylation is 2. The van der Waals surface area contributed by atoms with Gasteiger partial charge in [-0.2, -0.15) is 0 Å². The molecule has 0 spiro atoms. The number of amides is 1. The number of benzene rings is 1. The van der Waals surface area contributed by atoms with Crippen molar-refractivity contribution in [2.45, 2.75) is 13.0 Å². The summed E-state index contributed by atoms with van der Waals surface area (Å²) in [4.78, 5) is 41.2. The molecule has 1 N–H and O–H groups in total. The Bertz CT molecular complexity index is 1150. The highest BCUT2D eigenvalue weighted by atomic mass is 35.5. The van der Waals surface area contributed by atoms with Crippen molar-refractivity contribution in [3.05, 3.63) is 61.0 Å². The molecule has 0 saturated heterocycles. The summed E-state index contributed by atoms with van der Waals surface area (Å²) in [6.45, 7) is -0.0855. The number of rotatable bonds is 5. The molecule has 1 aromatic carbocycles. The number of carbonyl (C=O) groups is 1. The van der Waals surface area contributed by atoms with Crippen molar-refractivity contribution in [1.29, 1.82) is 0 Å². The molecule has 0 bridgehead atoms. The average Bonchev–Trinajstić information content (AvgIpc) is 3.02. The zero-order valence-corrected chi connectivity index (χ0v) is 16.2. The largest absolute Gasteiger partial charge is 0.354 e. The van der Waals surface area contributed by atoms with Gasteiger partial charge in [0.25, 0.3) is 5.56 Å². The van der Waals surface area contributed by atoms with Gasteiger partial charge >= 0.3 is 5.69 Å². The SMILES string of the molecule is Cn1cnc2c1c(=O)n(CC(=O)NCCc1cccc(Cl)c1Cl)c(=O)n2C. The molecule has 0 aliphatic carbocycles. The maximum atomic E-state index is 12.6. The molecule has 142 valence electrons. The lowest BCUT2D eigenvalue weighted by Crippen LogP contribution is -2.43. The first-order chi connectivity index (χ1) is 12.8. The quantitative estimate of drug-likeness (QED) is 0.682. The van der Waals surface area contributed by atoms with E-state index in [1.807, 2.05) is 6.07 Å². The van der Waals surface area contributed by atoms with Crippen molar-refractivity contribution in [2.24, 2.45) is 14.1 Å². The average molecular weight is 410 g/mol. The number of halogens is 2. The number of hydrogen-bond donors (Lipinski definition) is 1. The molecule has 0 saturated carbocycles. The van der Waals surface area contributed by atoms with Gasteiger partial charge in [-0.3, -0.25) is 14.2 Å². The minimum Gasteiger partial charge on any atom is -0.354 e. The van der Waals surface area contributed by atoms with Gasteiger partial charge in [0.2, 0.25) is 5.91 Å². The van der Waals surface area contributed by atoms with E-state index in [1.165, 1.54) is 22.5 Å². The third kappa shape index (κ3) is 3.63. The molecular formula is C17H17Cl2N5O3. The van der Waals surface area contributed by atoms with Crippen LogP contribution in [0.15, 0.2) is 34.1 Å². The molecule has 3 rings (SSSR count). The molecule has 0 aliphatic rings. The van der Waals surface area contributed by atoms with Gasteiger partial charge < -0.3 is 9.88 Å². The fraction of sp³-hybridized carbons (Fsp3) is 0.294. The summed E-state index contributed by atoms with van der Waals surface area (Å²) >= 11 is 12.1. The molecule has 0 unspecified atom stereocenters. The van der Waals surface area contributed by atoms with E-state index >= 15 is 0 Å². The van der Waals surface area contributed by atoms with Crippen LogP contribution in [0.4, 0.5) is 0 Å². The monoisotopic (exact) mass is 409 g/mol. The first kappa shape index (κ1) is 19.2. The van der Waals surface area contributed by atoms with Crippen molar-refractivity contribution in [3.8, 4) is 0 Å². The summed E-state index contributed by atoms with van der Waals surface area (Å²) < 4.78 is 3.66. The predicted molar refractivity (Wildman–Crippen MR) is 103 cm³/mol. The zero-order valence-electron chi connectivity index (χ0n) is 14.7. The molecule has 0 atom stereocenters. The van der Waals surface area contributed by atoms with Gasteiger partial charge in [0.1, 0.15) is 6.54 Å². The number of nitrogens with one attached hydrogen (secondary N) is 1. The maximum Gasteiger partial charge on any atom is 0.332 e. The van der Waals surface area contributed by atoms with Crippen LogP contribution in [0.3, 0.4) is 0 Å². The van der Waals surface area contributed by atoms with Gasteiger partial charge in [-0.25, -0.2) is 14.3 Å². The number of hydrogen-bond acceptors (Lipinski definition) is 4. The number of aromatic nitrogens is 4. The Labute approximate surface area is 163 Å². The molecule has 0 fully saturated rings. The summed E-state index contributed by atoms with van der Waals surface area (Å²) in [5, 5.41) is 3.57. The fourth-order valence-corrected chi connectivity index (χ4v) is 3.23. The van der Waals surface area contributed by atoms with Crippen molar-refractivity contribution in [2.75, 3.05) is 6.54 Å². The van der Waals surface area contributed by atoms with Crippen molar-refractivity contribution in [3.63, 3.8) is 0 Å². The Balaban J connectivity index is 1.75. The molecule has 0 aliphatic heterocycles. The first-order valence-corrected chi connectivity index (χ1v) is 8.87. The van der Waals surface area contributed by atoms with E-state index in [4.69, 9.17) is 23.2 Å². The van der Waals surface area contributed by atoms with Gasteiger partial charge in [0, 0.05) is 20.6 Å². The van der Waals surface area contributed by atoms with E-state index in [9.17, 15) is 14.4 Å². The summed E-state index contributed by atoms with van der Waals surface area (Å²) in [5.41, 5.74) is 0.185. The normalized spacial score (nSPS) is 11.1. The van der Waals surface area contributed by atoms with E-state index in [0.29, 0.717) is 23.0 Å². The second kappa shape index (κ2) is 7.58. The minimum atomic E-state index is -0.598. The number of fused-ring (bicyclic) bond motifs is 1. The van der Waals surface area contributed by atoms with E-state index in [0.717, 1.165) is 10.1 Å². The minimum absolute atomic E-state index is 0.260. The van der Waals surface area contributed by atoms with Crippen LogP contribution >= 0.6 is 23.2 Å². The van der Waals surface area contributed by atoms with Crippen molar-refractivity contribution in [1.82, 2.24) is 24.0 Å². The fourth-order valence-electron chi connectivity index (χ4n) is 2.81. The predicted octanol–water partition coefficient (Wildman–Crippen LogP) is 1.10. The smallest absolute Gasteiger partial charge is 0.332 e. The second-order valence-corrected chi connectivity index (χ2v) is 6.86. The number of nitrogens with zero attached hydrogens (tertiary/aromatic N) is 4. The molecular weight excluding hydrogens is 393 g/mol. The standard InChI is InChI=1S/C17H17Cl2N5O3/c1-22-9-21-15-14(22)16(26)24(17(27)23(15)2)8-12(25)20-7-6-10-4-3-5-11(18)13(10)19/h3-5,9H,6-8H2,1-2H3,(H,20,25). The van der Waals surface area contributed by atoms with Crippen LogP contribution in [-0.2, 0) is 31.9 Å². The Kier molecular flexibility index (Phi) is 5.38. The molecule has 3 aromatic rings. The highest BCUT2D eigenvalue weighted by Gasteiger charge is 2.16. The van der Waals surface area contributed by atoms with Gasteiger partial charge in [-0.1, -0.05) is 35.3 Å². The Morgan fingerprint density at radius 2 is 1.96 bits per heavy atom. The third-order valence-electron chi connectivity index (χ3n) is 4.25. The highest BCUT2D eigenvalue weighted by Crippen LogP contribution is 2.25. The Morgan fingerprint density at radius 3 is 2.70 bits per heavy atom. The van der Waals surface area contributed by atoms with E-state index in [-0.39, 0.29) is 17.7 Å². The van der Waals surface area contributed by atoms with Gasteiger partial charge in [0.05, 0.1) is 16.4 Å². The number of imidazole rings is 1. The van der Waals surface area contributed by atoms with Gasteiger partial charge in [-0.15, -0.1) is 0 Å². The Hall–Kier alpha value is -2.58. The molecule has 2 aromatic heterocycles. The topological polar surface area (TPSA) is 90.9 Å². The van der Waals surface area contributed by atoms with Crippen molar-refractivity contribution < 1.29 is 4.79 Å². The van der Waals surface area contributed by atoms with Crippen LogP contribution in [0.1, 0.15) is 5.56 Å². The van der Waals surface area contributed by atoms with Crippen LogP contribution in [-0.4, -0.2) is 31.1 Å². The first-order valence-electron chi connectivity index (χ1n) is 8.11. The molecule has 27 heavy (non-hydrogen) atoms. The highest BCUT2D eigenvalue weighted by molar-refractivity contribution is 6.42. The number of carbonyl (C=O) groups excluding carboxylic acids is 1. The third-order valence-corrected chi connectivity index (χ3v) is 5.11. The Morgan fingerprint density at radius 1 is 1.22 bits per heavy atom. The van der Waals surface area contributed by atoms with Crippen LogP contribution in [0.25, 0.3) is 11.2 Å². The summed E-state index contributed by atoms with van der Waals surface area (Å²) in [6, 6.07) is 5.28. The molecule has 8 nitrogen and oxygen atoms in total. The second-order valence-electron chi connectivity index (χ2n) is 6.07. The van der Waals surface area contributed by atoms with Crippen LogP contribution in [0.2, 0.25) is 10.0 Å². The summed E-state index contributed by atoms with van der Waals surface area (Å²) in [5.74, 6) is -0.450. The van der Waals surface area contributed by atoms with Crippen LogP contribution < -0.4 is 16.6 Å². The van der Waals surface area contributed by atoms with Gasteiger partial charge in [0.15, 0.2) is 11.2 Å². The molecule has 10 heteroatoms. The van der Waals surface area contributed by atoms with E-state index in [1.54, 1.807) is 19.2 Å². The zero-order chi connectivity index (χ0) is 19.7. The van der Waals surface area contributed by atoms with E-state index in [2.05, 4.69) is 10.3 Å². The van der Waals surface area contributed by atoms with E-state index < -0.39 is 17.2 Å². The summed E-state index contributed by atoms with van der Waals surface area (Å²) in [6.07, 6.45) is 1.92. The molecule has 0 radical (unpaired) electrons. The molecule has 2 heterocycles. The van der Waals surface area contributed by atoms with Crippen LogP contribution in [0.5, 0.6) is 0 Å². The lowest BCUT2D eigenvalue weighted by atomic mass is 10.1. The van der Waals surface area contributed by atoms with Crippen molar-refractivity contribution >= 4 is 40.3 Å². The summed E-state index contributed by atoms with van der Waals surface area (Å²) in [7, 11) is 3.16. The molecule has 1 amide bonds. The van der Waals surface area contributed by atoms with Crippen LogP contribution in [0, 0.1) is 0 Å². The lowest BCUT2D eigenvalue weighted by Gasteiger charge is -2.10. The van der Waals surface area contributed by atoms with Gasteiger partial charge in [-0.05, 0) is 18.1 Å². The lowest BCUT2D eigenvalue weighted by molar-refractivity contribution is -0.121. The maximum absolute atomic E-state index is 12.6.